The summed E-state index contributed by atoms with van der Waals surface area (Å²) in [7, 11) is -1.86. The second kappa shape index (κ2) is 4.02. The number of rotatable bonds is 3. The third-order valence-electron chi connectivity index (χ3n) is 1.59. The highest BCUT2D eigenvalue weighted by Gasteiger charge is 2.19. The molecule has 0 aliphatic rings. The summed E-state index contributed by atoms with van der Waals surface area (Å²) in [5.41, 5.74) is -0.0737. The average molecular weight is 228 g/mol. The van der Waals surface area contributed by atoms with Crippen molar-refractivity contribution >= 4 is 14.3 Å². The maximum Gasteiger partial charge on any atom is 0.335 e. The normalized spacial score (nSPS) is 11.2. The van der Waals surface area contributed by atoms with Gasteiger partial charge < -0.3 is 9.53 Å². The van der Waals surface area contributed by atoms with E-state index in [2.05, 4.69) is 0 Å². The van der Waals surface area contributed by atoms with Gasteiger partial charge in [-0.05, 0) is 37.8 Å². The third-order valence-corrected chi connectivity index (χ3v) is 2.43. The van der Waals surface area contributed by atoms with Crippen LogP contribution in [-0.4, -0.2) is 19.4 Å². The Bertz CT molecular complexity index is 385. The van der Waals surface area contributed by atoms with E-state index < -0.39 is 20.1 Å². The van der Waals surface area contributed by atoms with Crippen molar-refractivity contribution in [3.05, 3.63) is 29.6 Å². The molecule has 82 valence electrons. The molecule has 5 heteroatoms. The summed E-state index contributed by atoms with van der Waals surface area (Å²) in [6.45, 7) is 5.78. The second-order valence-electron chi connectivity index (χ2n) is 4.16. The van der Waals surface area contributed by atoms with Gasteiger partial charge in [0.2, 0.25) is 8.32 Å². The van der Waals surface area contributed by atoms with Gasteiger partial charge in [-0.15, -0.1) is 0 Å². The van der Waals surface area contributed by atoms with Gasteiger partial charge >= 0.3 is 5.97 Å². The smallest absolute Gasteiger partial charge is 0.335 e. The van der Waals surface area contributed by atoms with E-state index in [1.165, 1.54) is 12.1 Å². The fourth-order valence-electron chi connectivity index (χ4n) is 1.05. The summed E-state index contributed by atoms with van der Waals surface area (Å²) in [5, 5.41) is 8.63. The molecule has 1 aromatic carbocycles. The molecule has 0 spiro atoms. The fourth-order valence-corrected chi connectivity index (χ4v) is 1.87. The van der Waals surface area contributed by atoms with Crippen LogP contribution in [0, 0.1) is 5.82 Å². The van der Waals surface area contributed by atoms with Crippen LogP contribution in [0.5, 0.6) is 5.75 Å². The predicted octanol–water partition coefficient (Wildman–Crippen LogP) is 2.74. The van der Waals surface area contributed by atoms with Crippen LogP contribution in [0.15, 0.2) is 18.2 Å². The van der Waals surface area contributed by atoms with Crippen LogP contribution in [0.4, 0.5) is 4.39 Å². The third kappa shape index (κ3) is 3.36. The molecular weight excluding hydrogens is 215 g/mol. The Morgan fingerprint density at radius 3 is 2.40 bits per heavy atom. The van der Waals surface area contributed by atoms with E-state index in [4.69, 9.17) is 9.53 Å². The van der Waals surface area contributed by atoms with Gasteiger partial charge in [0.1, 0.15) is 5.75 Å². The lowest BCUT2D eigenvalue weighted by molar-refractivity contribution is 0.0696. The zero-order valence-electron chi connectivity index (χ0n) is 8.87. The first-order valence-electron chi connectivity index (χ1n) is 4.51. The summed E-state index contributed by atoms with van der Waals surface area (Å²) in [5.74, 6) is -1.65. The van der Waals surface area contributed by atoms with Crippen molar-refractivity contribution in [1.29, 1.82) is 0 Å². The van der Waals surface area contributed by atoms with E-state index in [0.717, 1.165) is 6.07 Å². The van der Waals surface area contributed by atoms with Gasteiger partial charge in [-0.2, -0.15) is 0 Å². The van der Waals surface area contributed by atoms with E-state index in [1.807, 2.05) is 19.6 Å². The number of hydrogen-bond acceptors (Lipinski definition) is 2. The van der Waals surface area contributed by atoms with E-state index in [0.29, 0.717) is 0 Å². The van der Waals surface area contributed by atoms with Crippen molar-refractivity contribution in [1.82, 2.24) is 0 Å². The molecule has 0 fully saturated rings. The van der Waals surface area contributed by atoms with Crippen molar-refractivity contribution in [3.63, 3.8) is 0 Å². The van der Waals surface area contributed by atoms with Gasteiger partial charge in [-0.25, -0.2) is 9.18 Å². The minimum Gasteiger partial charge on any atom is -0.542 e. The van der Waals surface area contributed by atoms with Crippen LogP contribution in [0.1, 0.15) is 10.4 Å². The van der Waals surface area contributed by atoms with Gasteiger partial charge in [-0.3, -0.25) is 0 Å². The quantitative estimate of drug-likeness (QED) is 0.809. The maximum absolute atomic E-state index is 13.4. The Kier molecular flexibility index (Phi) is 3.14. The zero-order valence-corrected chi connectivity index (χ0v) is 9.87. The Balaban J connectivity index is 2.99. The highest BCUT2D eigenvalue weighted by molar-refractivity contribution is 6.70. The molecular formula is C10H13FO3Si. The molecule has 0 saturated carbocycles. The molecule has 0 saturated heterocycles. The Hall–Kier alpha value is -1.36. The fraction of sp³-hybridized carbons (Fsp3) is 0.300. The monoisotopic (exact) mass is 228 g/mol. The first kappa shape index (κ1) is 11.7. The summed E-state index contributed by atoms with van der Waals surface area (Å²) in [6.07, 6.45) is 0. The molecule has 0 unspecified atom stereocenters. The lowest BCUT2D eigenvalue weighted by atomic mass is 10.2. The first-order valence-corrected chi connectivity index (χ1v) is 7.92. The number of benzene rings is 1. The van der Waals surface area contributed by atoms with Crippen LogP contribution in [0.2, 0.25) is 19.6 Å². The summed E-state index contributed by atoms with van der Waals surface area (Å²) in [4.78, 5) is 10.6. The van der Waals surface area contributed by atoms with Crippen molar-refractivity contribution in [2.24, 2.45) is 0 Å². The van der Waals surface area contributed by atoms with Gasteiger partial charge in [0.25, 0.3) is 0 Å². The molecule has 0 aliphatic carbocycles. The average Bonchev–Trinajstić information content (AvgIpc) is 2.05. The van der Waals surface area contributed by atoms with Crippen molar-refractivity contribution < 1.29 is 18.7 Å². The molecule has 3 nitrogen and oxygen atoms in total. The van der Waals surface area contributed by atoms with E-state index in [9.17, 15) is 9.18 Å². The number of carbonyl (C=O) groups is 1. The standard InChI is InChI=1S/C10H13FO3Si/c1-15(2,3)14-9-5-4-7(10(12)13)6-8(9)11/h4-6H,1-3H3,(H,12,13). The van der Waals surface area contributed by atoms with E-state index in [1.54, 1.807) is 0 Å². The van der Waals surface area contributed by atoms with Crippen LogP contribution in [0.3, 0.4) is 0 Å². The van der Waals surface area contributed by atoms with Gasteiger partial charge in [-0.1, -0.05) is 0 Å². The van der Waals surface area contributed by atoms with Crippen LogP contribution in [0.25, 0.3) is 0 Å². The number of hydrogen-bond donors (Lipinski definition) is 1. The molecule has 0 amide bonds. The highest BCUT2D eigenvalue weighted by Crippen LogP contribution is 2.21. The minimum atomic E-state index is -1.86. The van der Waals surface area contributed by atoms with Crippen molar-refractivity contribution in [3.8, 4) is 5.75 Å². The molecule has 0 heterocycles. The number of carboxylic acids is 1. The van der Waals surface area contributed by atoms with Crippen molar-refractivity contribution in [2.75, 3.05) is 0 Å². The highest BCUT2D eigenvalue weighted by atomic mass is 28.4. The Morgan fingerprint density at radius 1 is 1.40 bits per heavy atom. The Morgan fingerprint density at radius 2 is 2.00 bits per heavy atom. The molecule has 0 atom stereocenters. The largest absolute Gasteiger partial charge is 0.542 e. The topological polar surface area (TPSA) is 46.5 Å². The second-order valence-corrected chi connectivity index (χ2v) is 8.59. The maximum atomic E-state index is 13.4. The molecule has 1 N–H and O–H groups in total. The SMILES string of the molecule is C[Si](C)(C)Oc1ccc(C(=O)O)cc1F. The van der Waals surface area contributed by atoms with E-state index >= 15 is 0 Å². The molecule has 15 heavy (non-hydrogen) atoms. The summed E-state index contributed by atoms with van der Waals surface area (Å²) in [6, 6.07) is 3.66. The van der Waals surface area contributed by atoms with Crippen LogP contribution >= 0.6 is 0 Å². The first-order chi connectivity index (χ1) is 6.79. The number of halogens is 1. The molecule has 0 radical (unpaired) electrons. The molecule has 1 aromatic rings. The zero-order chi connectivity index (χ0) is 11.6. The van der Waals surface area contributed by atoms with Crippen LogP contribution < -0.4 is 4.43 Å². The summed E-state index contributed by atoms with van der Waals surface area (Å²) < 4.78 is 18.8. The predicted molar refractivity (Wildman–Crippen MR) is 57.3 cm³/mol. The summed E-state index contributed by atoms with van der Waals surface area (Å²) >= 11 is 0. The number of carboxylic acid groups (broad SMARTS) is 1. The van der Waals surface area contributed by atoms with Gasteiger partial charge in [0.05, 0.1) is 5.56 Å². The Labute approximate surface area is 88.6 Å². The van der Waals surface area contributed by atoms with Gasteiger partial charge in [0.15, 0.2) is 5.82 Å². The van der Waals surface area contributed by atoms with Crippen molar-refractivity contribution in [2.45, 2.75) is 19.6 Å². The molecule has 1 rings (SSSR count). The molecule has 0 aliphatic heterocycles. The number of aromatic carboxylic acids is 1. The van der Waals surface area contributed by atoms with Crippen LogP contribution in [-0.2, 0) is 0 Å². The molecule has 0 bridgehead atoms. The minimum absolute atomic E-state index is 0.0737. The molecule has 0 aromatic heterocycles. The van der Waals surface area contributed by atoms with E-state index in [-0.39, 0.29) is 11.3 Å². The lowest BCUT2D eigenvalue weighted by Gasteiger charge is -2.19. The van der Waals surface area contributed by atoms with Gasteiger partial charge in [0, 0.05) is 0 Å². The lowest BCUT2D eigenvalue weighted by Crippen LogP contribution is -2.29.